The molecule has 4 rings (SSSR count). The predicted molar refractivity (Wildman–Crippen MR) is 120 cm³/mol. The largest absolute Gasteiger partial charge is 0.495 e. The Morgan fingerprint density at radius 3 is 2.75 bits per heavy atom. The number of hydrogen-bond acceptors (Lipinski definition) is 9. The Morgan fingerprint density at radius 2 is 2.06 bits per heavy atom. The number of H-pyrrole nitrogens is 1. The number of anilines is 3. The number of nitrogens with one attached hydrogen (secondary N) is 3. The number of hydrogen-bond donors (Lipinski definition) is 3. The van der Waals surface area contributed by atoms with Crippen molar-refractivity contribution in [3.8, 4) is 22.9 Å². The van der Waals surface area contributed by atoms with E-state index < -0.39 is 0 Å². The molecule has 0 bridgehead atoms. The van der Waals surface area contributed by atoms with Gasteiger partial charge in [-0.25, -0.2) is 0 Å². The Balaban J connectivity index is 1.70. The molecule has 4 aromatic rings. The van der Waals surface area contributed by atoms with Gasteiger partial charge >= 0.3 is 0 Å². The van der Waals surface area contributed by atoms with Gasteiger partial charge in [0.1, 0.15) is 29.0 Å². The third-order valence-electron chi connectivity index (χ3n) is 5.02. The highest BCUT2D eigenvalue weighted by atomic mass is 16.5. The molecule has 0 aliphatic carbocycles. The van der Waals surface area contributed by atoms with Crippen molar-refractivity contribution < 1.29 is 14.0 Å². The van der Waals surface area contributed by atoms with Crippen LogP contribution in [0, 0.1) is 25.2 Å². The lowest BCUT2D eigenvalue weighted by molar-refractivity contribution is 0.210. The average Bonchev–Trinajstić information content (AvgIpc) is 3.36. The third kappa shape index (κ3) is 3.93. The number of nitrogens with zero attached hydrogens (tertiary/aromatic N) is 4. The summed E-state index contributed by atoms with van der Waals surface area (Å²) in [6.07, 6.45) is 1.61. The van der Waals surface area contributed by atoms with E-state index in [1.165, 1.54) is 0 Å². The van der Waals surface area contributed by atoms with E-state index in [1.54, 1.807) is 20.4 Å². The van der Waals surface area contributed by atoms with Crippen LogP contribution in [0.5, 0.6) is 5.75 Å². The van der Waals surface area contributed by atoms with E-state index >= 15 is 0 Å². The minimum atomic E-state index is 0.354. The first-order valence-corrected chi connectivity index (χ1v) is 9.96. The van der Waals surface area contributed by atoms with E-state index in [-0.39, 0.29) is 0 Å². The molecule has 3 aromatic heterocycles. The predicted octanol–water partition coefficient (Wildman–Crippen LogP) is 3.91. The van der Waals surface area contributed by atoms with Gasteiger partial charge in [-0.15, -0.1) is 0 Å². The second kappa shape index (κ2) is 8.95. The number of aryl methyl sites for hydroxylation is 2. The molecule has 32 heavy (non-hydrogen) atoms. The molecule has 0 aliphatic rings. The van der Waals surface area contributed by atoms with E-state index in [9.17, 15) is 5.26 Å². The van der Waals surface area contributed by atoms with Crippen LogP contribution in [0.25, 0.3) is 22.2 Å². The van der Waals surface area contributed by atoms with Crippen molar-refractivity contribution in [2.75, 3.05) is 38.0 Å². The summed E-state index contributed by atoms with van der Waals surface area (Å²) in [5, 5.41) is 20.5. The monoisotopic (exact) mass is 433 g/mol. The summed E-state index contributed by atoms with van der Waals surface area (Å²) in [5.74, 6) is 2.25. The van der Waals surface area contributed by atoms with Crippen molar-refractivity contribution in [1.29, 1.82) is 5.26 Å². The molecule has 1 aromatic carbocycles. The lowest BCUT2D eigenvalue weighted by Crippen LogP contribution is -2.11. The van der Waals surface area contributed by atoms with Crippen molar-refractivity contribution >= 4 is 28.5 Å². The lowest BCUT2D eigenvalue weighted by Gasteiger charge is -2.13. The van der Waals surface area contributed by atoms with Crippen LogP contribution in [0.2, 0.25) is 0 Å². The quantitative estimate of drug-likeness (QED) is 0.353. The summed E-state index contributed by atoms with van der Waals surface area (Å²) in [6.45, 7) is 4.81. The Morgan fingerprint density at radius 1 is 1.22 bits per heavy atom. The summed E-state index contributed by atoms with van der Waals surface area (Å²) in [5.41, 5.74) is 4.39. The van der Waals surface area contributed by atoms with Crippen LogP contribution in [-0.4, -0.2) is 47.5 Å². The number of fused-ring (bicyclic) bond motifs is 1. The van der Waals surface area contributed by atoms with Crippen molar-refractivity contribution in [2.24, 2.45) is 0 Å². The van der Waals surface area contributed by atoms with Gasteiger partial charge in [-0.1, -0.05) is 11.2 Å². The van der Waals surface area contributed by atoms with Crippen LogP contribution in [0.1, 0.15) is 17.0 Å². The molecule has 0 saturated heterocycles. The number of rotatable bonds is 8. The third-order valence-corrected chi connectivity index (χ3v) is 5.02. The van der Waals surface area contributed by atoms with Gasteiger partial charge in [0.05, 0.1) is 36.0 Å². The van der Waals surface area contributed by atoms with Crippen molar-refractivity contribution in [3.05, 3.63) is 41.4 Å². The lowest BCUT2D eigenvalue weighted by atomic mass is 10.0. The smallest absolute Gasteiger partial charge is 0.231 e. The molecule has 0 unspecified atom stereocenters. The maximum Gasteiger partial charge on any atom is 0.231 e. The maximum absolute atomic E-state index is 9.42. The van der Waals surface area contributed by atoms with Gasteiger partial charge in [0.25, 0.3) is 0 Å². The molecule has 0 aliphatic heterocycles. The van der Waals surface area contributed by atoms with E-state index in [0.717, 1.165) is 22.6 Å². The fraction of sp³-hybridized carbons (Fsp3) is 0.273. The van der Waals surface area contributed by atoms with Gasteiger partial charge < -0.3 is 29.6 Å². The highest BCUT2D eigenvalue weighted by molar-refractivity contribution is 5.93. The molecule has 0 fully saturated rings. The minimum Gasteiger partial charge on any atom is -0.495 e. The first kappa shape index (κ1) is 21.1. The molecular weight excluding hydrogens is 410 g/mol. The van der Waals surface area contributed by atoms with Gasteiger partial charge in [-0.05, 0) is 31.5 Å². The average molecular weight is 433 g/mol. The summed E-state index contributed by atoms with van der Waals surface area (Å²) in [6, 6.07) is 7.92. The molecule has 10 heteroatoms. The zero-order valence-electron chi connectivity index (χ0n) is 18.2. The molecule has 0 saturated carbocycles. The van der Waals surface area contributed by atoms with Crippen LogP contribution >= 0.6 is 0 Å². The summed E-state index contributed by atoms with van der Waals surface area (Å²) < 4.78 is 16.0. The highest BCUT2D eigenvalue weighted by Crippen LogP contribution is 2.35. The van der Waals surface area contributed by atoms with Crippen molar-refractivity contribution in [2.45, 2.75) is 13.8 Å². The fourth-order valence-corrected chi connectivity index (χ4v) is 3.54. The molecule has 0 spiro atoms. The summed E-state index contributed by atoms with van der Waals surface area (Å²) in [7, 11) is 3.23. The van der Waals surface area contributed by atoms with E-state index in [0.29, 0.717) is 53.0 Å². The SMILES string of the molecule is COCCNc1nc(Nc2ccc(-c3c(C)noc3C)cc2OC)nc2[nH]cc(C#N)c12. The zero-order valence-corrected chi connectivity index (χ0v) is 18.2. The fourth-order valence-electron chi connectivity index (χ4n) is 3.54. The normalized spacial score (nSPS) is 10.8. The topological polar surface area (TPSA) is 134 Å². The molecular formula is C22H23N7O3. The first-order chi connectivity index (χ1) is 15.5. The number of ether oxygens (including phenoxy) is 2. The molecule has 3 N–H and O–H groups in total. The molecule has 164 valence electrons. The minimum absolute atomic E-state index is 0.354. The van der Waals surface area contributed by atoms with E-state index in [1.807, 2.05) is 32.0 Å². The van der Waals surface area contributed by atoms with E-state index in [2.05, 4.69) is 36.8 Å². The second-order valence-corrected chi connectivity index (χ2v) is 7.09. The van der Waals surface area contributed by atoms with Crippen molar-refractivity contribution in [3.63, 3.8) is 0 Å². The van der Waals surface area contributed by atoms with Crippen LogP contribution in [-0.2, 0) is 4.74 Å². The zero-order chi connectivity index (χ0) is 22.7. The second-order valence-electron chi connectivity index (χ2n) is 7.09. The van der Waals surface area contributed by atoms with E-state index in [4.69, 9.17) is 14.0 Å². The Bertz CT molecular complexity index is 1280. The summed E-state index contributed by atoms with van der Waals surface area (Å²) >= 11 is 0. The molecule has 10 nitrogen and oxygen atoms in total. The van der Waals surface area contributed by atoms with Gasteiger partial charge in [0.2, 0.25) is 5.95 Å². The van der Waals surface area contributed by atoms with Gasteiger partial charge in [0, 0.05) is 25.4 Å². The Labute approximate surface area is 184 Å². The van der Waals surface area contributed by atoms with Gasteiger partial charge in [-0.3, -0.25) is 0 Å². The van der Waals surface area contributed by atoms with Crippen LogP contribution in [0.3, 0.4) is 0 Å². The Hall–Kier alpha value is -4.10. The number of aromatic nitrogens is 4. The van der Waals surface area contributed by atoms with Crippen molar-refractivity contribution in [1.82, 2.24) is 20.1 Å². The first-order valence-electron chi connectivity index (χ1n) is 9.96. The van der Waals surface area contributed by atoms with Gasteiger partial charge in [0.15, 0.2) is 0 Å². The molecule has 0 radical (unpaired) electrons. The van der Waals surface area contributed by atoms with Crippen LogP contribution in [0.4, 0.5) is 17.5 Å². The number of methoxy groups -OCH3 is 2. The molecule has 0 atom stereocenters. The summed E-state index contributed by atoms with van der Waals surface area (Å²) in [4.78, 5) is 12.1. The Kier molecular flexibility index (Phi) is 5.91. The standard InChI is InChI=1S/C22H23N7O3/c1-12-18(13(2)32-29-12)14-5-6-16(17(9-14)31-4)26-22-27-20(24-7-8-30-3)19-15(10-23)11-25-21(19)28-22/h5-6,9,11H,7-8H2,1-4H3,(H3,24,25,26,27,28). The molecule has 0 amide bonds. The number of nitriles is 1. The molecule has 3 heterocycles. The van der Waals surface area contributed by atoms with Crippen LogP contribution < -0.4 is 15.4 Å². The highest BCUT2D eigenvalue weighted by Gasteiger charge is 2.17. The number of aromatic amines is 1. The van der Waals surface area contributed by atoms with Gasteiger partial charge in [-0.2, -0.15) is 15.2 Å². The number of benzene rings is 1. The van der Waals surface area contributed by atoms with Crippen LogP contribution in [0.15, 0.2) is 28.9 Å². The maximum atomic E-state index is 9.42.